The Hall–Kier alpha value is -0.900. The molecule has 3 heterocycles. The van der Waals surface area contributed by atoms with Gasteiger partial charge in [-0.2, -0.15) is 0 Å². The van der Waals surface area contributed by atoms with Crippen molar-refractivity contribution in [3.63, 3.8) is 0 Å². The van der Waals surface area contributed by atoms with Gasteiger partial charge in [0, 0.05) is 46.8 Å². The zero-order valence-electron chi connectivity index (χ0n) is 16.1. The maximum atomic E-state index is 5.44. The second kappa shape index (κ2) is 11.1. The summed E-state index contributed by atoms with van der Waals surface area (Å²) in [7, 11) is 3.95. The van der Waals surface area contributed by atoms with Crippen LogP contribution in [0.2, 0.25) is 0 Å². The highest BCUT2D eigenvalue weighted by Gasteiger charge is 2.17. The molecule has 2 aliphatic rings. The molecule has 0 amide bonds. The average molecular weight is 476 g/mol. The van der Waals surface area contributed by atoms with Crippen molar-refractivity contribution in [3.05, 3.63) is 11.6 Å². The molecule has 26 heavy (non-hydrogen) atoms. The second-order valence-corrected chi connectivity index (χ2v) is 7.16. The normalized spacial score (nSPS) is 18.6. The van der Waals surface area contributed by atoms with Crippen LogP contribution in [0.25, 0.3) is 0 Å². The molecule has 0 unspecified atom stereocenters. The third-order valence-corrected chi connectivity index (χ3v) is 5.38. The van der Waals surface area contributed by atoms with Crippen molar-refractivity contribution in [2.45, 2.75) is 58.0 Å². The predicted octanol–water partition coefficient (Wildman–Crippen LogP) is 2.45. The van der Waals surface area contributed by atoms with E-state index in [0.29, 0.717) is 6.54 Å². The van der Waals surface area contributed by atoms with Crippen LogP contribution in [0, 0.1) is 5.92 Å². The van der Waals surface area contributed by atoms with Gasteiger partial charge in [0.15, 0.2) is 11.8 Å². The zero-order valence-corrected chi connectivity index (χ0v) is 18.4. The Morgan fingerprint density at radius 3 is 2.85 bits per heavy atom. The van der Waals surface area contributed by atoms with Crippen LogP contribution in [-0.2, 0) is 24.2 Å². The average Bonchev–Trinajstić information content (AvgIpc) is 2.88. The molecule has 0 aromatic carbocycles. The first-order chi connectivity index (χ1) is 12.3. The number of guanidine groups is 1. The molecule has 1 aromatic heterocycles. The van der Waals surface area contributed by atoms with Crippen molar-refractivity contribution in [3.8, 4) is 0 Å². The number of ether oxygens (including phenoxy) is 1. The van der Waals surface area contributed by atoms with Gasteiger partial charge in [0.2, 0.25) is 0 Å². The van der Waals surface area contributed by atoms with E-state index in [1.54, 1.807) is 0 Å². The lowest BCUT2D eigenvalue weighted by molar-refractivity contribution is 0.0625. The van der Waals surface area contributed by atoms with Crippen LogP contribution < -0.4 is 5.32 Å². The summed E-state index contributed by atoms with van der Waals surface area (Å²) in [5.41, 5.74) is 0. The summed E-state index contributed by atoms with van der Waals surface area (Å²) in [6, 6.07) is 0. The predicted molar refractivity (Wildman–Crippen MR) is 114 cm³/mol. The number of fused-ring (bicyclic) bond motifs is 1. The molecule has 0 atom stereocenters. The number of hydrogen-bond donors (Lipinski definition) is 1. The molecule has 1 aromatic rings. The number of aliphatic imine (C=N–C) groups is 1. The Morgan fingerprint density at radius 2 is 2.08 bits per heavy atom. The minimum absolute atomic E-state index is 0. The number of nitrogens with one attached hydrogen (secondary N) is 1. The van der Waals surface area contributed by atoms with E-state index in [2.05, 4.69) is 37.0 Å². The maximum Gasteiger partial charge on any atom is 0.193 e. The number of hydrogen-bond acceptors (Lipinski definition) is 4. The van der Waals surface area contributed by atoms with Crippen LogP contribution in [0.3, 0.4) is 0 Å². The number of halogens is 1. The van der Waals surface area contributed by atoms with Gasteiger partial charge in [-0.1, -0.05) is 6.42 Å². The van der Waals surface area contributed by atoms with E-state index >= 15 is 0 Å². The molecule has 7 nitrogen and oxygen atoms in total. The first kappa shape index (κ1) is 21.4. The first-order valence-electron chi connectivity index (χ1n) is 9.68. The number of nitrogens with zero attached hydrogens (tertiary/aromatic N) is 5. The summed E-state index contributed by atoms with van der Waals surface area (Å²) >= 11 is 0. The van der Waals surface area contributed by atoms with E-state index in [0.717, 1.165) is 56.3 Å². The fourth-order valence-corrected chi connectivity index (χ4v) is 3.74. The molecule has 3 rings (SSSR count). The fourth-order valence-electron chi connectivity index (χ4n) is 3.74. The molecule has 0 saturated carbocycles. The van der Waals surface area contributed by atoms with Crippen molar-refractivity contribution in [2.75, 3.05) is 33.9 Å². The van der Waals surface area contributed by atoms with Gasteiger partial charge in [-0.3, -0.25) is 4.99 Å². The van der Waals surface area contributed by atoms with E-state index < -0.39 is 0 Å². The Labute approximate surface area is 174 Å². The third kappa shape index (κ3) is 5.80. The number of rotatable bonds is 5. The summed E-state index contributed by atoms with van der Waals surface area (Å²) in [5, 5.41) is 12.2. The van der Waals surface area contributed by atoms with Crippen LogP contribution in [0.15, 0.2) is 4.99 Å². The largest absolute Gasteiger partial charge is 0.381 e. The SMILES string of the molecule is CN=C(NCc1nnc2n1CCCCC2)N(C)CCC1CCOCC1.I. The Bertz CT molecular complexity index is 570. The van der Waals surface area contributed by atoms with Crippen molar-refractivity contribution < 1.29 is 4.74 Å². The Morgan fingerprint density at radius 1 is 1.27 bits per heavy atom. The van der Waals surface area contributed by atoms with E-state index in [4.69, 9.17) is 4.74 Å². The molecular formula is C18H33IN6O. The summed E-state index contributed by atoms with van der Waals surface area (Å²) in [5.74, 6) is 3.87. The van der Waals surface area contributed by atoms with E-state index in [1.165, 1.54) is 38.5 Å². The van der Waals surface area contributed by atoms with Crippen LogP contribution in [0.5, 0.6) is 0 Å². The van der Waals surface area contributed by atoms with Crippen LogP contribution in [-0.4, -0.2) is 59.5 Å². The fraction of sp³-hybridized carbons (Fsp3) is 0.833. The Balaban J connectivity index is 0.00000243. The second-order valence-electron chi connectivity index (χ2n) is 7.16. The molecule has 8 heteroatoms. The third-order valence-electron chi connectivity index (χ3n) is 5.38. The molecule has 0 radical (unpaired) electrons. The van der Waals surface area contributed by atoms with Gasteiger partial charge in [-0.15, -0.1) is 34.2 Å². The first-order valence-corrected chi connectivity index (χ1v) is 9.68. The van der Waals surface area contributed by atoms with Crippen LogP contribution in [0.4, 0.5) is 0 Å². The van der Waals surface area contributed by atoms with Crippen LogP contribution in [0.1, 0.15) is 50.2 Å². The van der Waals surface area contributed by atoms with Gasteiger partial charge < -0.3 is 19.5 Å². The molecule has 1 N–H and O–H groups in total. The van der Waals surface area contributed by atoms with Crippen molar-refractivity contribution in [1.29, 1.82) is 0 Å². The maximum absolute atomic E-state index is 5.44. The molecule has 0 aliphatic carbocycles. The highest BCUT2D eigenvalue weighted by molar-refractivity contribution is 14.0. The number of aryl methyl sites for hydroxylation is 1. The van der Waals surface area contributed by atoms with Gasteiger partial charge >= 0.3 is 0 Å². The summed E-state index contributed by atoms with van der Waals surface area (Å²) in [6.07, 6.45) is 8.35. The lowest BCUT2D eigenvalue weighted by Gasteiger charge is -2.26. The molecule has 1 saturated heterocycles. The Kier molecular flexibility index (Phi) is 9.10. The van der Waals surface area contributed by atoms with Gasteiger partial charge in [0.05, 0.1) is 6.54 Å². The molecule has 0 spiro atoms. The van der Waals surface area contributed by atoms with Crippen molar-refractivity contribution >= 4 is 29.9 Å². The summed E-state index contributed by atoms with van der Waals surface area (Å²) < 4.78 is 7.73. The smallest absolute Gasteiger partial charge is 0.193 e. The quantitative estimate of drug-likeness (QED) is 0.402. The monoisotopic (exact) mass is 476 g/mol. The highest BCUT2D eigenvalue weighted by Crippen LogP contribution is 2.18. The van der Waals surface area contributed by atoms with Crippen LogP contribution >= 0.6 is 24.0 Å². The van der Waals surface area contributed by atoms with Crippen molar-refractivity contribution in [2.24, 2.45) is 10.9 Å². The van der Waals surface area contributed by atoms with E-state index in [1.807, 2.05) is 7.05 Å². The molecule has 0 bridgehead atoms. The molecule has 148 valence electrons. The zero-order chi connectivity index (χ0) is 17.5. The minimum Gasteiger partial charge on any atom is -0.381 e. The van der Waals surface area contributed by atoms with E-state index in [9.17, 15) is 0 Å². The van der Waals surface area contributed by atoms with Gasteiger partial charge in [-0.05, 0) is 38.0 Å². The lowest BCUT2D eigenvalue weighted by Crippen LogP contribution is -2.40. The lowest BCUT2D eigenvalue weighted by atomic mass is 9.96. The standard InChI is InChI=1S/C18H32N6O.HI/c1-19-18(23(2)11-7-15-8-12-25-13-9-15)20-14-17-22-21-16-6-4-3-5-10-24(16)17;/h15H,3-14H2,1-2H3,(H,19,20);1H. The molecular weight excluding hydrogens is 443 g/mol. The highest BCUT2D eigenvalue weighted by atomic mass is 127. The van der Waals surface area contributed by atoms with Gasteiger partial charge in [0.1, 0.15) is 5.82 Å². The number of aromatic nitrogens is 3. The summed E-state index contributed by atoms with van der Waals surface area (Å²) in [6.45, 7) is 4.57. The van der Waals surface area contributed by atoms with Crippen molar-refractivity contribution in [1.82, 2.24) is 25.0 Å². The summed E-state index contributed by atoms with van der Waals surface area (Å²) in [4.78, 5) is 6.65. The van der Waals surface area contributed by atoms with E-state index in [-0.39, 0.29) is 24.0 Å². The minimum atomic E-state index is 0. The van der Waals surface area contributed by atoms with Gasteiger partial charge in [0.25, 0.3) is 0 Å². The topological polar surface area (TPSA) is 67.6 Å². The van der Waals surface area contributed by atoms with Gasteiger partial charge in [-0.25, -0.2) is 0 Å². The molecule has 1 fully saturated rings. The molecule has 2 aliphatic heterocycles.